The highest BCUT2D eigenvalue weighted by atomic mass is 31.1. The van der Waals surface area contributed by atoms with Gasteiger partial charge in [0.2, 0.25) is 0 Å². The summed E-state index contributed by atoms with van der Waals surface area (Å²) < 4.78 is 0. The molecule has 0 bridgehead atoms. The highest BCUT2D eigenvalue weighted by molar-refractivity contribution is 7.38. The van der Waals surface area contributed by atoms with E-state index in [-0.39, 0.29) is 0 Å². The minimum atomic E-state index is 0.820. The zero-order valence-electron chi connectivity index (χ0n) is 8.77. The van der Waals surface area contributed by atoms with E-state index < -0.39 is 0 Å². The Morgan fingerprint density at radius 3 is 2.58 bits per heavy atom. The van der Waals surface area contributed by atoms with Gasteiger partial charge in [-0.15, -0.1) is 8.58 Å². The maximum Gasteiger partial charge on any atom is -0.0172 e. The molecule has 0 fully saturated rings. The lowest BCUT2D eigenvalue weighted by Gasteiger charge is -1.97. The summed E-state index contributed by atoms with van der Waals surface area (Å²) in [5, 5.41) is 0. The van der Waals surface area contributed by atoms with Crippen molar-refractivity contribution in [2.45, 2.75) is 40.0 Å². The maximum atomic E-state index is 2.36. The van der Waals surface area contributed by atoms with Crippen molar-refractivity contribution in [2.24, 2.45) is 5.92 Å². The monoisotopic (exact) mass is 186 g/mol. The lowest BCUT2D eigenvalue weighted by atomic mass is 10.1. The molecular weight excluding hydrogens is 163 g/mol. The summed E-state index contributed by atoms with van der Waals surface area (Å²) >= 11 is 0. The summed E-state index contributed by atoms with van der Waals surface area (Å²) in [6, 6.07) is 0. The van der Waals surface area contributed by atoms with Crippen LogP contribution in [0.25, 0.3) is 0 Å². The molecular formula is C11H23P. The third-order valence-electron chi connectivity index (χ3n) is 1.74. The van der Waals surface area contributed by atoms with E-state index in [9.17, 15) is 0 Å². The third kappa shape index (κ3) is 10.2. The second-order valence-electron chi connectivity index (χ2n) is 3.66. The number of allylic oxidation sites excluding steroid dienone is 2. The molecule has 0 aliphatic rings. The number of rotatable bonds is 7. The van der Waals surface area contributed by atoms with Crippen LogP contribution in [0.5, 0.6) is 0 Å². The van der Waals surface area contributed by atoms with Gasteiger partial charge in [-0.25, -0.2) is 0 Å². The van der Waals surface area contributed by atoms with Crippen molar-refractivity contribution in [3.05, 3.63) is 12.2 Å². The molecule has 72 valence electrons. The molecule has 0 heterocycles. The van der Waals surface area contributed by atoms with Crippen LogP contribution in [0.1, 0.15) is 40.0 Å². The molecule has 0 saturated heterocycles. The molecule has 0 spiro atoms. The predicted molar refractivity (Wildman–Crippen MR) is 61.6 cm³/mol. The van der Waals surface area contributed by atoms with Crippen LogP contribution >= 0.6 is 8.58 Å². The highest BCUT2D eigenvalue weighted by Gasteiger charge is 1.87. The fourth-order valence-electron chi connectivity index (χ4n) is 0.939. The third-order valence-corrected chi connectivity index (χ3v) is 2.97. The average molecular weight is 186 g/mol. The van der Waals surface area contributed by atoms with Gasteiger partial charge in [0.15, 0.2) is 0 Å². The summed E-state index contributed by atoms with van der Waals surface area (Å²) in [6.07, 6.45) is 11.4. The quantitative estimate of drug-likeness (QED) is 0.319. The van der Waals surface area contributed by atoms with Crippen molar-refractivity contribution in [1.29, 1.82) is 0 Å². The van der Waals surface area contributed by atoms with E-state index in [4.69, 9.17) is 0 Å². The van der Waals surface area contributed by atoms with Gasteiger partial charge in [0.25, 0.3) is 0 Å². The Labute approximate surface area is 79.6 Å². The van der Waals surface area contributed by atoms with Gasteiger partial charge in [-0.1, -0.05) is 39.3 Å². The number of hydrogen-bond donors (Lipinski definition) is 0. The first kappa shape index (κ1) is 12.2. The van der Waals surface area contributed by atoms with E-state index in [1.807, 2.05) is 0 Å². The van der Waals surface area contributed by atoms with E-state index in [1.54, 1.807) is 0 Å². The Hall–Kier alpha value is 0.170. The molecule has 0 N–H and O–H groups in total. The van der Waals surface area contributed by atoms with E-state index >= 15 is 0 Å². The van der Waals surface area contributed by atoms with Crippen molar-refractivity contribution >= 4 is 8.58 Å². The van der Waals surface area contributed by atoms with Crippen LogP contribution in [-0.2, 0) is 0 Å². The fraction of sp³-hybridized carbons (Fsp3) is 0.818. The lowest BCUT2D eigenvalue weighted by Crippen LogP contribution is -1.82. The first-order valence-corrected chi connectivity index (χ1v) is 6.54. The molecule has 0 aromatic carbocycles. The molecule has 0 aromatic rings. The average Bonchev–Trinajstić information content (AvgIpc) is 2.02. The minimum absolute atomic E-state index is 0.820. The van der Waals surface area contributed by atoms with Gasteiger partial charge < -0.3 is 0 Å². The number of unbranched alkanes of at least 4 members (excludes halogenated alkanes) is 1. The first-order valence-electron chi connectivity index (χ1n) is 5.13. The van der Waals surface area contributed by atoms with Crippen molar-refractivity contribution in [1.82, 2.24) is 0 Å². The first-order chi connectivity index (χ1) is 5.77. The molecule has 1 unspecified atom stereocenters. The predicted octanol–water partition coefficient (Wildman–Crippen LogP) is 4.07. The zero-order valence-corrected chi connectivity index (χ0v) is 9.77. The van der Waals surface area contributed by atoms with Crippen molar-refractivity contribution in [3.63, 3.8) is 0 Å². The van der Waals surface area contributed by atoms with Crippen LogP contribution in [0.15, 0.2) is 12.2 Å². The van der Waals surface area contributed by atoms with Crippen LogP contribution in [0.3, 0.4) is 0 Å². The summed E-state index contributed by atoms with van der Waals surface area (Å²) in [7, 11) is 1.16. The number of hydrogen-bond acceptors (Lipinski definition) is 0. The van der Waals surface area contributed by atoms with E-state index in [0.29, 0.717) is 0 Å². The molecule has 0 amide bonds. The Bertz CT molecular complexity index is 106. The molecule has 1 atom stereocenters. The largest absolute Gasteiger partial charge is 0.118 e. The molecule has 0 rings (SSSR count). The molecule has 12 heavy (non-hydrogen) atoms. The molecule has 0 saturated carbocycles. The normalized spacial score (nSPS) is 12.7. The van der Waals surface area contributed by atoms with Crippen molar-refractivity contribution < 1.29 is 0 Å². The van der Waals surface area contributed by atoms with Gasteiger partial charge in [-0.3, -0.25) is 0 Å². The zero-order chi connectivity index (χ0) is 9.23. The van der Waals surface area contributed by atoms with Crippen LogP contribution in [-0.4, -0.2) is 12.3 Å². The summed E-state index contributed by atoms with van der Waals surface area (Å²) in [4.78, 5) is 0. The second-order valence-corrected chi connectivity index (χ2v) is 5.07. The van der Waals surface area contributed by atoms with Gasteiger partial charge in [0.1, 0.15) is 0 Å². The SMILES string of the molecule is CCCCPCC=CCC(C)C. The van der Waals surface area contributed by atoms with Crippen molar-refractivity contribution in [3.8, 4) is 0 Å². The summed E-state index contributed by atoms with van der Waals surface area (Å²) in [6.45, 7) is 6.80. The summed E-state index contributed by atoms with van der Waals surface area (Å²) in [5.41, 5.74) is 0. The molecule has 1 heteroatoms. The minimum Gasteiger partial charge on any atom is -0.118 e. The van der Waals surface area contributed by atoms with Gasteiger partial charge in [0, 0.05) is 0 Å². The summed E-state index contributed by atoms with van der Waals surface area (Å²) in [5.74, 6) is 0.820. The van der Waals surface area contributed by atoms with E-state index in [0.717, 1.165) is 14.5 Å². The van der Waals surface area contributed by atoms with E-state index in [1.165, 1.54) is 31.6 Å². The smallest absolute Gasteiger partial charge is 0.0172 e. The van der Waals surface area contributed by atoms with Crippen LogP contribution in [0, 0.1) is 5.92 Å². The van der Waals surface area contributed by atoms with Crippen LogP contribution < -0.4 is 0 Å². The Kier molecular flexibility index (Phi) is 9.39. The van der Waals surface area contributed by atoms with E-state index in [2.05, 4.69) is 32.9 Å². The van der Waals surface area contributed by atoms with Gasteiger partial charge in [-0.2, -0.15) is 0 Å². The molecule has 0 aliphatic carbocycles. The second kappa shape index (κ2) is 9.26. The van der Waals surface area contributed by atoms with Gasteiger partial charge in [-0.05, 0) is 31.1 Å². The fourth-order valence-corrected chi connectivity index (χ4v) is 2.08. The molecule has 0 aliphatic heterocycles. The Morgan fingerprint density at radius 1 is 1.25 bits per heavy atom. The van der Waals surface area contributed by atoms with Crippen LogP contribution in [0.4, 0.5) is 0 Å². The Balaban J connectivity index is 3.03. The standard InChI is InChI=1S/C11H23P/c1-4-5-9-12-10-7-6-8-11(2)3/h6-7,11-12H,4-5,8-10H2,1-3H3. The van der Waals surface area contributed by atoms with Gasteiger partial charge >= 0.3 is 0 Å². The maximum absolute atomic E-state index is 2.36. The Morgan fingerprint density at radius 2 is 2.00 bits per heavy atom. The molecule has 0 nitrogen and oxygen atoms in total. The lowest BCUT2D eigenvalue weighted by molar-refractivity contribution is 0.663. The van der Waals surface area contributed by atoms with Crippen LogP contribution in [0.2, 0.25) is 0 Å². The van der Waals surface area contributed by atoms with Crippen molar-refractivity contribution in [2.75, 3.05) is 12.3 Å². The molecule has 0 aromatic heterocycles. The molecule has 0 radical (unpaired) electrons. The van der Waals surface area contributed by atoms with Gasteiger partial charge in [0.05, 0.1) is 0 Å². The topological polar surface area (TPSA) is 0 Å². The highest BCUT2D eigenvalue weighted by Crippen LogP contribution is 2.12.